The highest BCUT2D eigenvalue weighted by atomic mass is 32.1. The summed E-state index contributed by atoms with van der Waals surface area (Å²) < 4.78 is 2.45. The molecule has 3 nitrogen and oxygen atoms in total. The van der Waals surface area contributed by atoms with Gasteiger partial charge in [0.25, 0.3) is 0 Å². The average molecular weight is 644 g/mol. The van der Waals surface area contributed by atoms with Crippen LogP contribution in [-0.4, -0.2) is 15.0 Å². The third kappa shape index (κ3) is 5.48. The summed E-state index contributed by atoms with van der Waals surface area (Å²) in [5.41, 5.74) is 10.2. The molecule has 4 heteroatoms. The van der Waals surface area contributed by atoms with Crippen LogP contribution in [0.1, 0.15) is 0 Å². The number of hydrogen-bond acceptors (Lipinski definition) is 4. The molecule has 0 bridgehead atoms. The molecule has 0 unspecified atom stereocenters. The molecular formula is C45H29N3S. The second-order valence-electron chi connectivity index (χ2n) is 12.0. The van der Waals surface area contributed by atoms with E-state index in [1.807, 2.05) is 60.7 Å². The summed E-state index contributed by atoms with van der Waals surface area (Å²) in [6.07, 6.45) is 0. The van der Waals surface area contributed by atoms with E-state index >= 15 is 0 Å². The van der Waals surface area contributed by atoms with Crippen molar-refractivity contribution in [1.29, 1.82) is 0 Å². The molecule has 9 rings (SSSR count). The Balaban J connectivity index is 1.15. The molecule has 0 atom stereocenters. The summed E-state index contributed by atoms with van der Waals surface area (Å²) in [7, 11) is 0. The monoisotopic (exact) mass is 643 g/mol. The molecule has 2 heterocycles. The Morgan fingerprint density at radius 1 is 0.306 bits per heavy atom. The second-order valence-corrected chi connectivity index (χ2v) is 13.1. The van der Waals surface area contributed by atoms with E-state index in [2.05, 4.69) is 115 Å². The summed E-state index contributed by atoms with van der Waals surface area (Å²) >= 11 is 1.80. The molecule has 0 amide bonds. The Morgan fingerprint density at radius 3 is 1.39 bits per heavy atom. The summed E-state index contributed by atoms with van der Waals surface area (Å²) in [6.45, 7) is 0. The van der Waals surface area contributed by atoms with Crippen LogP contribution in [0.3, 0.4) is 0 Å². The first-order valence-electron chi connectivity index (χ1n) is 16.4. The van der Waals surface area contributed by atoms with Crippen molar-refractivity contribution in [2.75, 3.05) is 0 Å². The van der Waals surface area contributed by atoms with Crippen LogP contribution in [0.25, 0.3) is 87.7 Å². The van der Waals surface area contributed by atoms with Crippen LogP contribution in [0.5, 0.6) is 0 Å². The van der Waals surface area contributed by atoms with Gasteiger partial charge in [-0.25, -0.2) is 15.0 Å². The minimum atomic E-state index is 0.663. The van der Waals surface area contributed by atoms with Gasteiger partial charge in [-0.05, 0) is 51.6 Å². The molecule has 2 aromatic heterocycles. The summed E-state index contributed by atoms with van der Waals surface area (Å²) in [5, 5.41) is 2.37. The Labute approximate surface area is 288 Å². The molecule has 0 aliphatic heterocycles. The maximum Gasteiger partial charge on any atom is 0.164 e. The molecule has 0 N–H and O–H groups in total. The van der Waals surface area contributed by atoms with Gasteiger partial charge in [0.2, 0.25) is 0 Å². The van der Waals surface area contributed by atoms with Crippen LogP contribution in [0.15, 0.2) is 176 Å². The van der Waals surface area contributed by atoms with E-state index < -0.39 is 0 Å². The smallest absolute Gasteiger partial charge is 0.164 e. The topological polar surface area (TPSA) is 38.7 Å². The Kier molecular flexibility index (Phi) is 7.34. The molecule has 9 aromatic rings. The molecule has 0 aliphatic rings. The van der Waals surface area contributed by atoms with Gasteiger partial charge in [0.1, 0.15) is 0 Å². The number of benzene rings is 7. The standard InChI is InChI=1S/C45H29N3S/c1-4-13-31(14-5-1)36-19-10-11-20-37(36)32-25-23-30(24-26-32)35-27-28-40-39(29-35)42-38(21-12-22-41(42)49-40)45-47-43(33-15-6-2-7-16-33)46-44(48-45)34-17-8-3-9-18-34/h1-29H. The second kappa shape index (κ2) is 12.4. The lowest BCUT2D eigenvalue weighted by atomic mass is 9.93. The predicted molar refractivity (Wildman–Crippen MR) is 205 cm³/mol. The number of nitrogens with zero attached hydrogens (tertiary/aromatic N) is 3. The van der Waals surface area contributed by atoms with Crippen molar-refractivity contribution in [3.05, 3.63) is 176 Å². The fourth-order valence-electron chi connectivity index (χ4n) is 6.57. The Bertz CT molecular complexity index is 2520. The maximum atomic E-state index is 5.07. The van der Waals surface area contributed by atoms with Gasteiger partial charge >= 0.3 is 0 Å². The molecule has 0 fully saturated rings. The van der Waals surface area contributed by atoms with E-state index in [1.165, 1.54) is 53.6 Å². The lowest BCUT2D eigenvalue weighted by molar-refractivity contribution is 1.08. The lowest BCUT2D eigenvalue weighted by Gasteiger charge is -2.11. The first-order chi connectivity index (χ1) is 24.3. The lowest BCUT2D eigenvalue weighted by Crippen LogP contribution is -2.00. The first kappa shape index (κ1) is 29.0. The van der Waals surface area contributed by atoms with Gasteiger partial charge in [0, 0.05) is 36.9 Å². The molecule has 230 valence electrons. The molecule has 0 saturated carbocycles. The largest absolute Gasteiger partial charge is 0.208 e. The number of fused-ring (bicyclic) bond motifs is 3. The van der Waals surface area contributed by atoms with Gasteiger partial charge in [-0.2, -0.15) is 0 Å². The maximum absolute atomic E-state index is 5.07. The fraction of sp³-hybridized carbons (Fsp3) is 0. The van der Waals surface area contributed by atoms with Crippen LogP contribution in [0.2, 0.25) is 0 Å². The summed E-state index contributed by atoms with van der Waals surface area (Å²) in [5.74, 6) is 2.00. The SMILES string of the molecule is c1ccc(-c2nc(-c3ccccc3)nc(-c3cccc4sc5ccc(-c6ccc(-c7ccccc7-c7ccccc7)cc6)cc5c34)n2)cc1. The highest BCUT2D eigenvalue weighted by Crippen LogP contribution is 2.42. The van der Waals surface area contributed by atoms with Crippen molar-refractivity contribution in [3.8, 4) is 67.5 Å². The summed E-state index contributed by atoms with van der Waals surface area (Å²) in [6, 6.07) is 61.7. The molecule has 0 saturated heterocycles. The zero-order chi connectivity index (χ0) is 32.6. The van der Waals surface area contributed by atoms with Gasteiger partial charge in [-0.3, -0.25) is 0 Å². The van der Waals surface area contributed by atoms with E-state index in [1.54, 1.807) is 11.3 Å². The fourth-order valence-corrected chi connectivity index (χ4v) is 7.68. The van der Waals surface area contributed by atoms with Gasteiger partial charge in [0.05, 0.1) is 0 Å². The Hall–Kier alpha value is -6.23. The van der Waals surface area contributed by atoms with Crippen LogP contribution < -0.4 is 0 Å². The van der Waals surface area contributed by atoms with Crippen LogP contribution in [-0.2, 0) is 0 Å². The van der Waals surface area contributed by atoms with E-state index in [4.69, 9.17) is 15.0 Å². The van der Waals surface area contributed by atoms with Crippen LogP contribution in [0.4, 0.5) is 0 Å². The van der Waals surface area contributed by atoms with Crippen molar-refractivity contribution in [2.24, 2.45) is 0 Å². The minimum absolute atomic E-state index is 0.663. The van der Waals surface area contributed by atoms with Crippen LogP contribution >= 0.6 is 11.3 Å². The third-order valence-electron chi connectivity index (χ3n) is 8.98. The highest BCUT2D eigenvalue weighted by Gasteiger charge is 2.17. The molecule has 0 spiro atoms. The zero-order valence-corrected chi connectivity index (χ0v) is 27.3. The normalized spacial score (nSPS) is 11.3. The predicted octanol–water partition coefficient (Wildman–Crippen LogP) is 12.2. The average Bonchev–Trinajstić information content (AvgIpc) is 3.57. The van der Waals surface area contributed by atoms with Crippen molar-refractivity contribution in [1.82, 2.24) is 15.0 Å². The minimum Gasteiger partial charge on any atom is -0.208 e. The number of thiophene rings is 1. The van der Waals surface area contributed by atoms with Gasteiger partial charge in [0.15, 0.2) is 17.5 Å². The van der Waals surface area contributed by atoms with E-state index in [0.717, 1.165) is 16.7 Å². The quantitative estimate of drug-likeness (QED) is 0.181. The van der Waals surface area contributed by atoms with Crippen molar-refractivity contribution < 1.29 is 0 Å². The van der Waals surface area contributed by atoms with Crippen molar-refractivity contribution in [3.63, 3.8) is 0 Å². The van der Waals surface area contributed by atoms with E-state index in [-0.39, 0.29) is 0 Å². The van der Waals surface area contributed by atoms with Crippen molar-refractivity contribution >= 4 is 31.5 Å². The Morgan fingerprint density at radius 2 is 0.776 bits per heavy atom. The molecule has 49 heavy (non-hydrogen) atoms. The summed E-state index contributed by atoms with van der Waals surface area (Å²) in [4.78, 5) is 15.0. The molecule has 0 aliphatic carbocycles. The molecular weight excluding hydrogens is 615 g/mol. The number of rotatable bonds is 6. The molecule has 7 aromatic carbocycles. The van der Waals surface area contributed by atoms with Gasteiger partial charge in [-0.15, -0.1) is 11.3 Å². The van der Waals surface area contributed by atoms with Gasteiger partial charge in [-0.1, -0.05) is 158 Å². The van der Waals surface area contributed by atoms with Crippen molar-refractivity contribution in [2.45, 2.75) is 0 Å². The van der Waals surface area contributed by atoms with Crippen LogP contribution in [0, 0.1) is 0 Å². The first-order valence-corrected chi connectivity index (χ1v) is 17.2. The number of aromatic nitrogens is 3. The van der Waals surface area contributed by atoms with E-state index in [0.29, 0.717) is 17.5 Å². The third-order valence-corrected chi connectivity index (χ3v) is 10.1. The van der Waals surface area contributed by atoms with Gasteiger partial charge < -0.3 is 0 Å². The van der Waals surface area contributed by atoms with E-state index in [9.17, 15) is 0 Å². The zero-order valence-electron chi connectivity index (χ0n) is 26.5. The number of hydrogen-bond donors (Lipinski definition) is 0. The molecule has 0 radical (unpaired) electrons. The highest BCUT2D eigenvalue weighted by molar-refractivity contribution is 7.26.